The normalized spacial score (nSPS) is 10.3. The number of hydrogen-bond acceptors (Lipinski definition) is 6. The van der Waals surface area contributed by atoms with Crippen LogP contribution in [0.5, 0.6) is 17.2 Å². The van der Waals surface area contributed by atoms with Crippen molar-refractivity contribution >= 4 is 23.2 Å². The second-order valence-electron chi connectivity index (χ2n) is 6.86. The number of ether oxygens (including phenoxy) is 4. The molecule has 0 aromatic heterocycles. The van der Waals surface area contributed by atoms with Gasteiger partial charge in [0.25, 0.3) is 11.8 Å². The number of carbonyl (C=O) groups is 2. The summed E-state index contributed by atoms with van der Waals surface area (Å²) in [6.45, 7) is 0.713. The third kappa shape index (κ3) is 6.02. The summed E-state index contributed by atoms with van der Waals surface area (Å²) in [6, 6.07) is 18.9. The molecule has 2 amide bonds. The van der Waals surface area contributed by atoms with Gasteiger partial charge in [0.15, 0.2) is 0 Å². The fourth-order valence-corrected chi connectivity index (χ4v) is 3.08. The van der Waals surface area contributed by atoms with Crippen LogP contribution in [0.4, 0.5) is 11.4 Å². The van der Waals surface area contributed by atoms with Gasteiger partial charge in [-0.05, 0) is 24.3 Å². The molecule has 172 valence electrons. The maximum atomic E-state index is 13.0. The lowest BCUT2D eigenvalue weighted by Crippen LogP contribution is -2.16. The lowest BCUT2D eigenvalue weighted by Gasteiger charge is -2.17. The van der Waals surface area contributed by atoms with Gasteiger partial charge in [-0.1, -0.05) is 30.3 Å². The Morgan fingerprint density at radius 1 is 0.697 bits per heavy atom. The van der Waals surface area contributed by atoms with E-state index in [1.165, 1.54) is 14.2 Å². The van der Waals surface area contributed by atoms with Crippen molar-refractivity contribution in [3.63, 3.8) is 0 Å². The van der Waals surface area contributed by atoms with Crippen molar-refractivity contribution in [1.82, 2.24) is 0 Å². The Morgan fingerprint density at radius 2 is 1.27 bits per heavy atom. The SMILES string of the molecule is COCCOc1ccccc1C(=O)Nc1cc(OC)c(NC(=O)c2ccccc2)cc1OC. The Kier molecular flexibility index (Phi) is 8.26. The first-order chi connectivity index (χ1) is 16.1. The topological polar surface area (TPSA) is 95.1 Å². The maximum Gasteiger partial charge on any atom is 0.259 e. The van der Waals surface area contributed by atoms with Gasteiger partial charge in [0.2, 0.25) is 0 Å². The molecular formula is C25H26N2O6. The Hall–Kier alpha value is -4.04. The van der Waals surface area contributed by atoms with E-state index >= 15 is 0 Å². The number of benzene rings is 3. The summed E-state index contributed by atoms with van der Waals surface area (Å²) in [5, 5.41) is 5.64. The van der Waals surface area contributed by atoms with Gasteiger partial charge in [0.1, 0.15) is 23.9 Å². The highest BCUT2D eigenvalue weighted by molar-refractivity contribution is 6.08. The van der Waals surface area contributed by atoms with Gasteiger partial charge in [0, 0.05) is 24.8 Å². The highest BCUT2D eigenvalue weighted by Gasteiger charge is 2.18. The second kappa shape index (κ2) is 11.5. The number of rotatable bonds is 10. The number of anilines is 2. The van der Waals surface area contributed by atoms with Gasteiger partial charge >= 0.3 is 0 Å². The van der Waals surface area contributed by atoms with E-state index in [9.17, 15) is 9.59 Å². The summed E-state index contributed by atoms with van der Waals surface area (Å²) >= 11 is 0. The van der Waals surface area contributed by atoms with Crippen molar-refractivity contribution in [2.24, 2.45) is 0 Å². The van der Waals surface area contributed by atoms with Crippen molar-refractivity contribution in [3.8, 4) is 17.2 Å². The fourth-order valence-electron chi connectivity index (χ4n) is 3.08. The standard InChI is InChI=1S/C25H26N2O6/c1-30-13-14-33-21-12-8-7-11-18(21)25(29)27-20-16-22(31-2)19(15-23(20)32-3)26-24(28)17-9-5-4-6-10-17/h4-12,15-16H,13-14H2,1-3H3,(H,26,28)(H,27,29). The van der Waals surface area contributed by atoms with Crippen molar-refractivity contribution in [2.75, 3.05) is 45.2 Å². The minimum Gasteiger partial charge on any atom is -0.494 e. The zero-order valence-corrected chi connectivity index (χ0v) is 18.7. The largest absolute Gasteiger partial charge is 0.494 e. The smallest absolute Gasteiger partial charge is 0.259 e. The molecule has 0 unspecified atom stereocenters. The van der Waals surface area contributed by atoms with Crippen LogP contribution >= 0.6 is 0 Å². The lowest BCUT2D eigenvalue weighted by molar-refractivity contribution is 0.101. The molecule has 0 aliphatic carbocycles. The summed E-state index contributed by atoms with van der Waals surface area (Å²) in [4.78, 5) is 25.6. The lowest BCUT2D eigenvalue weighted by atomic mass is 10.1. The molecule has 0 atom stereocenters. The van der Waals surface area contributed by atoms with E-state index < -0.39 is 0 Å². The van der Waals surface area contributed by atoms with Gasteiger partial charge in [-0.25, -0.2) is 0 Å². The molecule has 0 spiro atoms. The van der Waals surface area contributed by atoms with Crippen molar-refractivity contribution in [3.05, 3.63) is 77.9 Å². The first-order valence-electron chi connectivity index (χ1n) is 10.2. The second-order valence-corrected chi connectivity index (χ2v) is 6.86. The number of carbonyl (C=O) groups excluding carboxylic acids is 2. The average Bonchev–Trinajstić information content (AvgIpc) is 2.85. The predicted molar refractivity (Wildman–Crippen MR) is 126 cm³/mol. The maximum absolute atomic E-state index is 13.0. The number of hydrogen-bond donors (Lipinski definition) is 2. The van der Waals surface area contributed by atoms with Crippen LogP contribution in [0.2, 0.25) is 0 Å². The molecule has 0 aliphatic rings. The van der Waals surface area contributed by atoms with Crippen molar-refractivity contribution in [1.29, 1.82) is 0 Å². The van der Waals surface area contributed by atoms with Crippen molar-refractivity contribution < 1.29 is 28.5 Å². The van der Waals surface area contributed by atoms with Crippen LogP contribution in [0.3, 0.4) is 0 Å². The average molecular weight is 450 g/mol. The summed E-state index contributed by atoms with van der Waals surface area (Å²) in [5.74, 6) is 0.467. The summed E-state index contributed by atoms with van der Waals surface area (Å²) < 4.78 is 21.5. The van der Waals surface area contributed by atoms with E-state index in [1.807, 2.05) is 6.07 Å². The minimum absolute atomic E-state index is 0.296. The van der Waals surface area contributed by atoms with E-state index in [-0.39, 0.29) is 11.8 Å². The monoisotopic (exact) mass is 450 g/mol. The number of amides is 2. The molecule has 8 heteroatoms. The van der Waals surface area contributed by atoms with Gasteiger partial charge in [-0.2, -0.15) is 0 Å². The molecule has 0 aliphatic heterocycles. The highest BCUT2D eigenvalue weighted by Crippen LogP contribution is 2.37. The fraction of sp³-hybridized carbons (Fsp3) is 0.200. The molecule has 0 radical (unpaired) electrons. The summed E-state index contributed by atoms with van der Waals surface area (Å²) in [5.41, 5.74) is 1.64. The Labute approximate surface area is 192 Å². The predicted octanol–water partition coefficient (Wildman–Crippen LogP) is 4.23. The van der Waals surface area contributed by atoms with Crippen molar-refractivity contribution in [2.45, 2.75) is 0 Å². The minimum atomic E-state index is -0.385. The van der Waals surface area contributed by atoms with Crippen LogP contribution in [0, 0.1) is 0 Å². The van der Waals surface area contributed by atoms with Gasteiger partial charge in [0.05, 0.1) is 37.8 Å². The summed E-state index contributed by atoms with van der Waals surface area (Å²) in [7, 11) is 4.53. The number of para-hydroxylation sites is 1. The van der Waals surface area contributed by atoms with Gasteiger partial charge in [-0.3, -0.25) is 9.59 Å². The highest BCUT2D eigenvalue weighted by atomic mass is 16.5. The van der Waals surface area contributed by atoms with Gasteiger partial charge in [-0.15, -0.1) is 0 Å². The molecule has 2 N–H and O–H groups in total. The Morgan fingerprint density at radius 3 is 1.88 bits per heavy atom. The molecule has 3 aromatic carbocycles. The van der Waals surface area contributed by atoms with Crippen LogP contribution in [0.1, 0.15) is 20.7 Å². The van der Waals surface area contributed by atoms with Crippen LogP contribution in [0.25, 0.3) is 0 Å². The molecule has 3 rings (SSSR count). The zero-order chi connectivity index (χ0) is 23.6. The van der Waals surface area contributed by atoms with Crippen LogP contribution in [-0.2, 0) is 4.74 Å². The molecule has 0 saturated carbocycles. The van der Waals surface area contributed by atoms with E-state index in [4.69, 9.17) is 18.9 Å². The van der Waals surface area contributed by atoms with Crippen LogP contribution < -0.4 is 24.8 Å². The molecule has 8 nitrogen and oxygen atoms in total. The third-order valence-electron chi connectivity index (χ3n) is 4.73. The molecule has 0 bridgehead atoms. The Balaban J connectivity index is 1.84. The molecular weight excluding hydrogens is 424 g/mol. The van der Waals surface area contributed by atoms with E-state index in [2.05, 4.69) is 10.6 Å². The zero-order valence-electron chi connectivity index (χ0n) is 18.7. The number of methoxy groups -OCH3 is 3. The van der Waals surface area contributed by atoms with Crippen LogP contribution in [-0.4, -0.2) is 46.4 Å². The van der Waals surface area contributed by atoms with E-state index in [1.54, 1.807) is 67.8 Å². The first kappa shape index (κ1) is 23.6. The Bertz CT molecular complexity index is 1100. The molecule has 33 heavy (non-hydrogen) atoms. The van der Waals surface area contributed by atoms with Gasteiger partial charge < -0.3 is 29.6 Å². The quantitative estimate of drug-likeness (QED) is 0.449. The molecule has 0 fully saturated rings. The first-order valence-corrected chi connectivity index (χ1v) is 10.2. The van der Waals surface area contributed by atoms with E-state index in [0.29, 0.717) is 53.0 Å². The molecule has 3 aromatic rings. The number of nitrogens with one attached hydrogen (secondary N) is 2. The van der Waals surface area contributed by atoms with E-state index in [0.717, 1.165) is 0 Å². The molecule has 0 saturated heterocycles. The third-order valence-corrected chi connectivity index (χ3v) is 4.73. The van der Waals surface area contributed by atoms with Crippen LogP contribution in [0.15, 0.2) is 66.7 Å². The summed E-state index contributed by atoms with van der Waals surface area (Å²) in [6.07, 6.45) is 0. The molecule has 0 heterocycles.